The highest BCUT2D eigenvalue weighted by Gasteiger charge is 2.38. The summed E-state index contributed by atoms with van der Waals surface area (Å²) in [7, 11) is -3.77. The first-order valence-corrected chi connectivity index (χ1v) is 12.5. The molecule has 0 bridgehead atoms. The minimum atomic E-state index is -3.77. The number of nitrogens with zero attached hydrogens (tertiary/aromatic N) is 3. The number of halogens is 2. The summed E-state index contributed by atoms with van der Waals surface area (Å²) in [6, 6.07) is 5.17. The summed E-state index contributed by atoms with van der Waals surface area (Å²) in [5.41, 5.74) is 0. The Kier molecular flexibility index (Phi) is 6.42. The van der Waals surface area contributed by atoms with E-state index in [0.29, 0.717) is 32.0 Å². The molecule has 3 saturated heterocycles. The number of carbonyl (C=O) groups is 1. The molecule has 0 saturated carbocycles. The van der Waals surface area contributed by atoms with Crippen LogP contribution in [-0.2, 0) is 14.8 Å². The summed E-state index contributed by atoms with van der Waals surface area (Å²) < 4.78 is 27.4. The van der Waals surface area contributed by atoms with Crippen molar-refractivity contribution in [2.45, 2.75) is 43.0 Å². The Morgan fingerprint density at radius 1 is 0.931 bits per heavy atom. The Morgan fingerprint density at radius 2 is 1.55 bits per heavy atom. The molecule has 29 heavy (non-hydrogen) atoms. The quantitative estimate of drug-likeness (QED) is 0.693. The third-order valence-corrected chi connectivity index (χ3v) is 9.31. The maximum atomic E-state index is 13.0. The largest absolute Gasteiger partial charge is 0.341 e. The van der Waals surface area contributed by atoms with Gasteiger partial charge >= 0.3 is 0 Å². The summed E-state index contributed by atoms with van der Waals surface area (Å²) in [5, 5.41) is 0.251. The van der Waals surface area contributed by atoms with Crippen molar-refractivity contribution >= 4 is 39.1 Å². The van der Waals surface area contributed by atoms with Gasteiger partial charge in [0.1, 0.15) is 4.90 Å². The predicted octanol–water partition coefficient (Wildman–Crippen LogP) is 3.09. The standard InChI is InChI=1S/C20H27Cl2N3O3S/c21-17-4-3-5-18(22)19(17)29(27,28)25-12-6-15(7-13-25)20(26)24-11-8-16(14-24)23-9-1-2-10-23/h3-5,15-16H,1-2,6-14H2. The minimum Gasteiger partial charge on any atom is -0.341 e. The molecule has 0 aliphatic carbocycles. The molecular weight excluding hydrogens is 433 g/mol. The van der Waals surface area contributed by atoms with Crippen molar-refractivity contribution in [3.8, 4) is 0 Å². The summed E-state index contributed by atoms with van der Waals surface area (Å²) in [4.78, 5) is 17.5. The normalized spacial score (nSPS) is 25.0. The number of likely N-dealkylation sites (tertiary alicyclic amines) is 2. The first-order chi connectivity index (χ1) is 13.9. The van der Waals surface area contributed by atoms with Crippen LogP contribution in [-0.4, -0.2) is 73.7 Å². The van der Waals surface area contributed by atoms with E-state index in [2.05, 4.69) is 4.90 Å². The maximum Gasteiger partial charge on any atom is 0.246 e. The van der Waals surface area contributed by atoms with E-state index in [9.17, 15) is 13.2 Å². The summed E-state index contributed by atoms with van der Waals surface area (Å²) in [5.74, 6) is 0.0695. The maximum absolute atomic E-state index is 13.0. The van der Waals surface area contributed by atoms with Crippen molar-refractivity contribution in [3.63, 3.8) is 0 Å². The van der Waals surface area contributed by atoms with E-state index in [4.69, 9.17) is 23.2 Å². The van der Waals surface area contributed by atoms with E-state index < -0.39 is 10.0 Å². The lowest BCUT2D eigenvalue weighted by Crippen LogP contribution is -2.44. The molecule has 3 aliphatic heterocycles. The van der Waals surface area contributed by atoms with Gasteiger partial charge in [-0.15, -0.1) is 0 Å². The second kappa shape index (κ2) is 8.71. The number of amides is 1. The third kappa shape index (κ3) is 4.30. The van der Waals surface area contributed by atoms with Gasteiger partial charge in [0.15, 0.2) is 0 Å². The van der Waals surface area contributed by atoms with Crippen LogP contribution in [0.15, 0.2) is 23.1 Å². The molecule has 6 nitrogen and oxygen atoms in total. The van der Waals surface area contributed by atoms with Crippen LogP contribution in [0.1, 0.15) is 32.1 Å². The lowest BCUT2D eigenvalue weighted by molar-refractivity contribution is -0.135. The van der Waals surface area contributed by atoms with Gasteiger partial charge in [-0.3, -0.25) is 9.69 Å². The first kappa shape index (κ1) is 21.4. The van der Waals surface area contributed by atoms with Crippen molar-refractivity contribution in [2.75, 3.05) is 39.3 Å². The number of hydrogen-bond acceptors (Lipinski definition) is 4. The molecule has 3 fully saturated rings. The van der Waals surface area contributed by atoms with Crippen molar-refractivity contribution in [1.29, 1.82) is 0 Å². The van der Waals surface area contributed by atoms with Gasteiger partial charge < -0.3 is 4.90 Å². The molecule has 3 aliphatic rings. The summed E-state index contributed by atoms with van der Waals surface area (Å²) in [6.45, 7) is 4.54. The van der Waals surface area contributed by atoms with Gasteiger partial charge in [0.25, 0.3) is 0 Å². The number of piperidine rings is 1. The van der Waals surface area contributed by atoms with E-state index in [1.807, 2.05) is 4.90 Å². The van der Waals surface area contributed by atoms with E-state index in [1.165, 1.54) is 29.3 Å². The lowest BCUT2D eigenvalue weighted by atomic mass is 9.96. The van der Waals surface area contributed by atoms with Gasteiger partial charge in [-0.05, 0) is 57.3 Å². The fourth-order valence-corrected chi connectivity index (χ4v) is 7.37. The highest BCUT2D eigenvalue weighted by molar-refractivity contribution is 7.89. The van der Waals surface area contributed by atoms with Crippen LogP contribution in [0.5, 0.6) is 0 Å². The smallest absolute Gasteiger partial charge is 0.246 e. The number of carbonyl (C=O) groups excluding carboxylic acids is 1. The zero-order valence-corrected chi connectivity index (χ0v) is 18.7. The second-order valence-electron chi connectivity index (χ2n) is 8.20. The molecule has 0 radical (unpaired) electrons. The molecule has 4 rings (SSSR count). The molecule has 0 aromatic heterocycles. The Bertz CT molecular complexity index is 845. The zero-order valence-electron chi connectivity index (χ0n) is 16.4. The number of benzene rings is 1. The van der Waals surface area contributed by atoms with Crippen LogP contribution < -0.4 is 0 Å². The monoisotopic (exact) mass is 459 g/mol. The van der Waals surface area contributed by atoms with Gasteiger partial charge in [0.2, 0.25) is 15.9 Å². The Balaban J connectivity index is 1.36. The average molecular weight is 460 g/mol. The topological polar surface area (TPSA) is 60.9 Å². The summed E-state index contributed by atoms with van der Waals surface area (Å²) in [6.07, 6.45) is 4.62. The van der Waals surface area contributed by atoms with Crippen LogP contribution in [0.25, 0.3) is 0 Å². The van der Waals surface area contributed by atoms with Gasteiger partial charge in [-0.2, -0.15) is 4.31 Å². The van der Waals surface area contributed by atoms with E-state index in [-0.39, 0.29) is 26.8 Å². The molecule has 0 N–H and O–H groups in total. The lowest BCUT2D eigenvalue weighted by Gasteiger charge is -2.33. The molecule has 0 spiro atoms. The minimum absolute atomic E-state index is 0.0406. The molecule has 1 aromatic rings. The summed E-state index contributed by atoms with van der Waals surface area (Å²) >= 11 is 12.2. The molecular formula is C20H27Cl2N3O3S. The van der Waals surface area contributed by atoms with Crippen molar-refractivity contribution in [3.05, 3.63) is 28.2 Å². The SMILES string of the molecule is O=C(C1CCN(S(=O)(=O)c2c(Cl)cccc2Cl)CC1)N1CCC(N2CCCC2)C1. The number of hydrogen-bond donors (Lipinski definition) is 0. The van der Waals surface area contributed by atoms with Crippen LogP contribution in [0.2, 0.25) is 10.0 Å². The molecule has 1 aromatic carbocycles. The molecule has 9 heteroatoms. The van der Waals surface area contributed by atoms with Crippen LogP contribution in [0.4, 0.5) is 0 Å². The van der Waals surface area contributed by atoms with Crippen LogP contribution in [0, 0.1) is 5.92 Å². The second-order valence-corrected chi connectivity index (χ2v) is 10.9. The van der Waals surface area contributed by atoms with Crippen LogP contribution >= 0.6 is 23.2 Å². The van der Waals surface area contributed by atoms with Crippen LogP contribution in [0.3, 0.4) is 0 Å². The van der Waals surface area contributed by atoms with E-state index in [0.717, 1.165) is 32.6 Å². The fourth-order valence-electron chi connectivity index (χ4n) is 4.81. The highest BCUT2D eigenvalue weighted by atomic mass is 35.5. The number of rotatable bonds is 4. The highest BCUT2D eigenvalue weighted by Crippen LogP contribution is 2.34. The predicted molar refractivity (Wildman–Crippen MR) is 114 cm³/mol. The molecule has 1 unspecified atom stereocenters. The first-order valence-electron chi connectivity index (χ1n) is 10.3. The molecule has 3 heterocycles. The Hall–Kier alpha value is -0.860. The van der Waals surface area contributed by atoms with Gasteiger partial charge in [-0.25, -0.2) is 8.42 Å². The van der Waals surface area contributed by atoms with Crippen molar-refractivity contribution in [2.24, 2.45) is 5.92 Å². The van der Waals surface area contributed by atoms with E-state index >= 15 is 0 Å². The Labute approximate surface area is 182 Å². The van der Waals surface area contributed by atoms with Gasteiger partial charge in [0, 0.05) is 38.1 Å². The third-order valence-electron chi connectivity index (χ3n) is 6.45. The number of sulfonamides is 1. The Morgan fingerprint density at radius 3 is 2.17 bits per heavy atom. The van der Waals surface area contributed by atoms with Gasteiger partial charge in [-0.1, -0.05) is 29.3 Å². The van der Waals surface area contributed by atoms with Gasteiger partial charge in [0.05, 0.1) is 10.0 Å². The molecule has 160 valence electrons. The van der Waals surface area contributed by atoms with E-state index in [1.54, 1.807) is 6.07 Å². The molecule has 1 atom stereocenters. The molecule has 1 amide bonds. The fraction of sp³-hybridized carbons (Fsp3) is 0.650. The zero-order chi connectivity index (χ0) is 20.6. The average Bonchev–Trinajstić information content (AvgIpc) is 3.39. The van der Waals surface area contributed by atoms with Crippen molar-refractivity contribution < 1.29 is 13.2 Å². The van der Waals surface area contributed by atoms with Crippen molar-refractivity contribution in [1.82, 2.24) is 14.1 Å².